The maximum Gasteiger partial charge on any atom is 0.224 e. The van der Waals surface area contributed by atoms with E-state index in [4.69, 9.17) is 5.73 Å². The number of carbonyl (C=O) groups excluding carboxylic acids is 1. The zero-order chi connectivity index (χ0) is 11.4. The first-order valence-corrected chi connectivity index (χ1v) is 6.47. The summed E-state index contributed by atoms with van der Waals surface area (Å²) in [4.78, 5) is 14.1. The van der Waals surface area contributed by atoms with Crippen LogP contribution < -0.4 is 11.1 Å². The van der Waals surface area contributed by atoms with Crippen LogP contribution in [0.4, 0.5) is 0 Å². The van der Waals surface area contributed by atoms with Crippen molar-refractivity contribution in [2.45, 2.75) is 44.1 Å². The highest BCUT2D eigenvalue weighted by molar-refractivity contribution is 5.77. The van der Waals surface area contributed by atoms with Gasteiger partial charge in [-0.1, -0.05) is 12.8 Å². The molecule has 0 aromatic rings. The summed E-state index contributed by atoms with van der Waals surface area (Å²) in [5, 5.41) is 3.31. The van der Waals surface area contributed by atoms with Gasteiger partial charge in [-0.05, 0) is 25.8 Å². The molecule has 0 bridgehead atoms. The second-order valence-electron chi connectivity index (χ2n) is 5.23. The number of carbonyl (C=O) groups is 1. The minimum atomic E-state index is -0.198. The van der Waals surface area contributed by atoms with Gasteiger partial charge in [0.25, 0.3) is 0 Å². The average Bonchev–Trinajstić information content (AvgIpc) is 2.56. The molecule has 0 radical (unpaired) electrons. The van der Waals surface area contributed by atoms with Gasteiger partial charge in [-0.2, -0.15) is 0 Å². The summed E-state index contributed by atoms with van der Waals surface area (Å²) in [5.41, 5.74) is 6.04. The number of nitrogens with two attached hydrogens (primary N) is 1. The molecule has 0 unspecified atom stereocenters. The minimum Gasteiger partial charge on any atom is -0.341 e. The van der Waals surface area contributed by atoms with Gasteiger partial charge in [0.2, 0.25) is 5.91 Å². The highest BCUT2D eigenvalue weighted by Gasteiger charge is 2.33. The largest absolute Gasteiger partial charge is 0.341 e. The molecular formula is C12H23N3O. The Balaban J connectivity index is 1.86. The molecule has 2 rings (SSSR count). The van der Waals surface area contributed by atoms with Gasteiger partial charge < -0.3 is 16.0 Å². The highest BCUT2D eigenvalue weighted by atomic mass is 16.2. The molecule has 1 saturated carbocycles. The maximum atomic E-state index is 12.1. The molecule has 2 aliphatic rings. The van der Waals surface area contributed by atoms with E-state index in [2.05, 4.69) is 5.32 Å². The summed E-state index contributed by atoms with van der Waals surface area (Å²) >= 11 is 0. The Labute approximate surface area is 97.6 Å². The molecule has 0 spiro atoms. The number of amides is 1. The number of nitrogens with one attached hydrogen (secondary N) is 1. The maximum absolute atomic E-state index is 12.1. The molecule has 0 atom stereocenters. The van der Waals surface area contributed by atoms with Crippen molar-refractivity contribution in [1.29, 1.82) is 0 Å². The van der Waals surface area contributed by atoms with E-state index in [1.54, 1.807) is 0 Å². The molecule has 1 aliphatic carbocycles. The lowest BCUT2D eigenvalue weighted by atomic mass is 9.94. The monoisotopic (exact) mass is 225 g/mol. The fourth-order valence-corrected chi connectivity index (χ4v) is 2.76. The zero-order valence-corrected chi connectivity index (χ0v) is 10.0. The third kappa shape index (κ3) is 2.95. The standard InChI is InChI=1S/C12H23N3O/c13-12(4-1-2-5-12)10-11(16)15-8-3-6-14-7-9-15/h14H,1-10,13H2. The van der Waals surface area contributed by atoms with E-state index in [0.29, 0.717) is 6.42 Å². The van der Waals surface area contributed by atoms with Crippen molar-refractivity contribution in [2.24, 2.45) is 5.73 Å². The Morgan fingerprint density at radius 2 is 1.94 bits per heavy atom. The first-order valence-electron chi connectivity index (χ1n) is 6.47. The third-order valence-electron chi connectivity index (χ3n) is 3.80. The second kappa shape index (κ2) is 5.15. The Hall–Kier alpha value is -0.610. The Morgan fingerprint density at radius 1 is 1.19 bits per heavy atom. The van der Waals surface area contributed by atoms with E-state index < -0.39 is 0 Å². The Kier molecular flexibility index (Phi) is 3.82. The molecule has 1 aliphatic heterocycles. The summed E-state index contributed by atoms with van der Waals surface area (Å²) in [6.07, 6.45) is 6.02. The Bertz CT molecular complexity index is 241. The number of nitrogens with zero attached hydrogens (tertiary/aromatic N) is 1. The van der Waals surface area contributed by atoms with E-state index in [9.17, 15) is 4.79 Å². The number of rotatable bonds is 2. The molecule has 4 heteroatoms. The molecule has 0 aromatic carbocycles. The van der Waals surface area contributed by atoms with Crippen molar-refractivity contribution < 1.29 is 4.79 Å². The quantitative estimate of drug-likeness (QED) is 0.718. The summed E-state index contributed by atoms with van der Waals surface area (Å²) in [5.74, 6) is 0.258. The fraction of sp³-hybridized carbons (Fsp3) is 0.917. The van der Waals surface area contributed by atoms with E-state index in [1.807, 2.05) is 4.90 Å². The van der Waals surface area contributed by atoms with Crippen molar-refractivity contribution >= 4 is 5.91 Å². The van der Waals surface area contributed by atoms with E-state index in [1.165, 1.54) is 12.8 Å². The predicted octanol–water partition coefficient (Wildman–Crippen LogP) is 0.470. The summed E-state index contributed by atoms with van der Waals surface area (Å²) in [6.45, 7) is 3.68. The fourth-order valence-electron chi connectivity index (χ4n) is 2.76. The van der Waals surface area contributed by atoms with Gasteiger partial charge in [0.15, 0.2) is 0 Å². The average molecular weight is 225 g/mol. The lowest BCUT2D eigenvalue weighted by Crippen LogP contribution is -2.44. The van der Waals surface area contributed by atoms with Crippen LogP contribution in [0.3, 0.4) is 0 Å². The smallest absolute Gasteiger partial charge is 0.224 e. The molecule has 2 fully saturated rings. The van der Waals surface area contributed by atoms with Crippen LogP contribution in [0, 0.1) is 0 Å². The molecule has 1 amide bonds. The van der Waals surface area contributed by atoms with E-state index in [-0.39, 0.29) is 11.4 Å². The van der Waals surface area contributed by atoms with Crippen LogP contribution in [0.2, 0.25) is 0 Å². The normalized spacial score (nSPS) is 25.4. The van der Waals surface area contributed by atoms with Gasteiger partial charge in [-0.25, -0.2) is 0 Å². The lowest BCUT2D eigenvalue weighted by molar-refractivity contribution is -0.132. The van der Waals surface area contributed by atoms with Crippen LogP contribution in [-0.2, 0) is 4.79 Å². The minimum absolute atomic E-state index is 0.198. The summed E-state index contributed by atoms with van der Waals surface area (Å²) in [7, 11) is 0. The van der Waals surface area contributed by atoms with Crippen LogP contribution in [-0.4, -0.2) is 42.5 Å². The Morgan fingerprint density at radius 3 is 2.69 bits per heavy atom. The highest BCUT2D eigenvalue weighted by Crippen LogP contribution is 2.30. The topological polar surface area (TPSA) is 58.4 Å². The zero-order valence-electron chi connectivity index (χ0n) is 10.0. The van der Waals surface area contributed by atoms with Crippen LogP contribution >= 0.6 is 0 Å². The molecule has 1 saturated heterocycles. The van der Waals surface area contributed by atoms with Gasteiger partial charge >= 0.3 is 0 Å². The summed E-state index contributed by atoms with van der Waals surface area (Å²) in [6, 6.07) is 0. The van der Waals surface area contributed by atoms with Gasteiger partial charge in [-0.3, -0.25) is 4.79 Å². The number of hydrogen-bond acceptors (Lipinski definition) is 3. The van der Waals surface area contributed by atoms with Crippen molar-refractivity contribution in [3.05, 3.63) is 0 Å². The third-order valence-corrected chi connectivity index (χ3v) is 3.80. The van der Waals surface area contributed by atoms with Crippen molar-refractivity contribution in [3.63, 3.8) is 0 Å². The SMILES string of the molecule is NC1(CC(=O)N2CCCNCC2)CCCC1. The predicted molar refractivity (Wildman–Crippen MR) is 64.1 cm³/mol. The van der Waals surface area contributed by atoms with Gasteiger partial charge in [-0.15, -0.1) is 0 Å². The molecule has 92 valence electrons. The van der Waals surface area contributed by atoms with E-state index in [0.717, 1.165) is 45.4 Å². The van der Waals surface area contributed by atoms with Crippen LogP contribution in [0.15, 0.2) is 0 Å². The molecule has 0 aromatic heterocycles. The number of hydrogen-bond donors (Lipinski definition) is 2. The molecule has 16 heavy (non-hydrogen) atoms. The van der Waals surface area contributed by atoms with Crippen LogP contribution in [0.1, 0.15) is 38.5 Å². The van der Waals surface area contributed by atoms with Crippen molar-refractivity contribution in [1.82, 2.24) is 10.2 Å². The molecular weight excluding hydrogens is 202 g/mol. The molecule has 4 nitrogen and oxygen atoms in total. The van der Waals surface area contributed by atoms with Crippen LogP contribution in [0.5, 0.6) is 0 Å². The summed E-state index contributed by atoms with van der Waals surface area (Å²) < 4.78 is 0. The first kappa shape index (κ1) is 11.9. The van der Waals surface area contributed by atoms with Gasteiger partial charge in [0.1, 0.15) is 0 Å². The second-order valence-corrected chi connectivity index (χ2v) is 5.23. The first-order chi connectivity index (χ1) is 7.70. The van der Waals surface area contributed by atoms with Crippen molar-refractivity contribution in [2.75, 3.05) is 26.2 Å². The molecule has 3 N–H and O–H groups in total. The van der Waals surface area contributed by atoms with Crippen LogP contribution in [0.25, 0.3) is 0 Å². The molecule has 1 heterocycles. The van der Waals surface area contributed by atoms with Gasteiger partial charge in [0, 0.05) is 31.6 Å². The van der Waals surface area contributed by atoms with E-state index >= 15 is 0 Å². The van der Waals surface area contributed by atoms with Crippen molar-refractivity contribution in [3.8, 4) is 0 Å². The van der Waals surface area contributed by atoms with Gasteiger partial charge in [0.05, 0.1) is 0 Å². The lowest BCUT2D eigenvalue weighted by Gasteiger charge is -2.27.